The highest BCUT2D eigenvalue weighted by Crippen LogP contribution is 2.19. The van der Waals surface area contributed by atoms with Gasteiger partial charge in [-0.3, -0.25) is 4.79 Å². The number of benzene rings is 2. The number of ketones is 1. The molecule has 0 amide bonds. The average molecular weight is 321 g/mol. The molecule has 0 bridgehead atoms. The van der Waals surface area contributed by atoms with Gasteiger partial charge in [0.15, 0.2) is 5.78 Å². The summed E-state index contributed by atoms with van der Waals surface area (Å²) in [6, 6.07) is 13.9. The zero-order chi connectivity index (χ0) is 15.4. The van der Waals surface area contributed by atoms with Crippen molar-refractivity contribution in [1.29, 1.82) is 0 Å². The fourth-order valence-electron chi connectivity index (χ4n) is 1.64. The third-order valence-corrected chi connectivity index (χ3v) is 3.37. The van der Waals surface area contributed by atoms with Crippen LogP contribution in [0.2, 0.25) is 0 Å². The fourth-order valence-corrected chi connectivity index (χ4v) is 2.12. The molecule has 0 aliphatic heterocycles. The van der Waals surface area contributed by atoms with Gasteiger partial charge in [-0.1, -0.05) is 46.3 Å². The van der Waals surface area contributed by atoms with Gasteiger partial charge in [-0.05, 0) is 30.2 Å². The van der Waals surface area contributed by atoms with Gasteiger partial charge in [-0.15, -0.1) is 0 Å². The Bertz CT molecular complexity index is 628. The molecular weight excluding hydrogens is 304 g/mol. The van der Waals surface area contributed by atoms with Crippen LogP contribution in [-0.2, 0) is 6.40 Å². The maximum atomic E-state index is 12.3. The first-order chi connectivity index (χ1) is 10.0. The minimum absolute atomic E-state index is 0.363. The Balaban J connectivity index is 2.20. The van der Waals surface area contributed by atoms with Crippen LogP contribution in [0.1, 0.15) is 25.1 Å². The van der Waals surface area contributed by atoms with Crippen LogP contribution in [0, 0.1) is 0 Å². The predicted molar refractivity (Wildman–Crippen MR) is 79.8 cm³/mol. The van der Waals surface area contributed by atoms with Crippen molar-refractivity contribution in [2.75, 3.05) is 7.11 Å². The molecule has 2 aromatic carbocycles. The van der Waals surface area contributed by atoms with Crippen LogP contribution in [0.15, 0.2) is 53.0 Å². The molecule has 0 saturated carbocycles. The lowest BCUT2D eigenvalue weighted by molar-refractivity contribution is 0.0982. The highest BCUT2D eigenvalue weighted by atomic mass is 79.9. The standard InChI is InChI=1S/C16H15BrO2/c1-19-13-9-6-12(7-10-13)8-11-16(18)14-4-2-3-5-15(14)17/h2-7,9-10H,8,11H2,1H3/i8D,11D. The molecule has 0 N–H and O–H groups in total. The number of hydrogen-bond donors (Lipinski definition) is 0. The summed E-state index contributed by atoms with van der Waals surface area (Å²) in [7, 11) is 1.57. The molecule has 0 fully saturated rings. The molecule has 2 nitrogen and oxygen atoms in total. The minimum Gasteiger partial charge on any atom is -0.497 e. The summed E-state index contributed by atoms with van der Waals surface area (Å²) in [5.41, 5.74) is 1.06. The van der Waals surface area contributed by atoms with Crippen molar-refractivity contribution < 1.29 is 12.3 Å². The minimum atomic E-state index is -1.17. The van der Waals surface area contributed by atoms with Gasteiger partial charge in [0.25, 0.3) is 0 Å². The number of aryl methyl sites for hydroxylation is 1. The van der Waals surface area contributed by atoms with Crippen molar-refractivity contribution in [3.8, 4) is 5.75 Å². The molecule has 0 saturated heterocycles. The zero-order valence-corrected chi connectivity index (χ0v) is 12.1. The first-order valence-electron chi connectivity index (χ1n) is 6.97. The largest absolute Gasteiger partial charge is 0.497 e. The molecule has 0 heterocycles. The van der Waals surface area contributed by atoms with E-state index in [0.29, 0.717) is 21.3 Å². The quantitative estimate of drug-likeness (QED) is 0.769. The topological polar surface area (TPSA) is 26.3 Å². The number of rotatable bonds is 5. The molecule has 2 unspecified atom stereocenters. The third-order valence-electron chi connectivity index (χ3n) is 2.68. The number of ether oxygens (including phenoxy) is 1. The molecule has 0 spiro atoms. The summed E-state index contributed by atoms with van der Waals surface area (Å²) in [4.78, 5) is 12.3. The van der Waals surface area contributed by atoms with E-state index in [1.54, 1.807) is 49.6 Å². The molecule has 2 aromatic rings. The van der Waals surface area contributed by atoms with E-state index in [-0.39, 0.29) is 5.78 Å². The Labute approximate surface area is 124 Å². The molecule has 2 atom stereocenters. The van der Waals surface area contributed by atoms with E-state index < -0.39 is 12.8 Å². The summed E-state index contributed by atoms with van der Waals surface area (Å²) in [5, 5.41) is 0. The first kappa shape index (κ1) is 11.2. The van der Waals surface area contributed by atoms with Gasteiger partial charge in [0.2, 0.25) is 0 Å². The van der Waals surface area contributed by atoms with Crippen LogP contribution < -0.4 is 4.74 Å². The van der Waals surface area contributed by atoms with Crippen molar-refractivity contribution in [2.45, 2.75) is 12.8 Å². The third kappa shape index (κ3) is 3.67. The first-order valence-corrected chi connectivity index (χ1v) is 6.61. The molecule has 0 aromatic heterocycles. The van der Waals surface area contributed by atoms with E-state index in [2.05, 4.69) is 15.9 Å². The maximum absolute atomic E-state index is 12.3. The Hall–Kier alpha value is -1.61. The Morgan fingerprint density at radius 2 is 1.89 bits per heavy atom. The van der Waals surface area contributed by atoms with E-state index in [1.807, 2.05) is 6.07 Å². The highest BCUT2D eigenvalue weighted by Gasteiger charge is 2.09. The summed E-state index contributed by atoms with van der Waals surface area (Å²) in [5.74, 6) is 0.322. The highest BCUT2D eigenvalue weighted by molar-refractivity contribution is 9.10. The fraction of sp³-hybridized carbons (Fsp3) is 0.188. The number of carbonyl (C=O) groups excluding carboxylic acids is 1. The summed E-state index contributed by atoms with van der Waals surface area (Å²) in [6.45, 7) is 0. The summed E-state index contributed by atoms with van der Waals surface area (Å²) in [6.07, 6.45) is -2.10. The monoisotopic (exact) mass is 320 g/mol. The lowest BCUT2D eigenvalue weighted by atomic mass is 10.0. The molecule has 3 heteroatoms. The van der Waals surface area contributed by atoms with Crippen molar-refractivity contribution >= 4 is 21.7 Å². The lowest BCUT2D eigenvalue weighted by Crippen LogP contribution is -2.02. The average Bonchev–Trinajstić information content (AvgIpc) is 2.53. The van der Waals surface area contributed by atoms with Crippen molar-refractivity contribution in [2.24, 2.45) is 0 Å². The van der Waals surface area contributed by atoms with E-state index in [1.165, 1.54) is 0 Å². The second kappa shape index (κ2) is 6.53. The Morgan fingerprint density at radius 1 is 1.21 bits per heavy atom. The number of halogens is 1. The summed E-state index contributed by atoms with van der Waals surface area (Å²) >= 11 is 3.31. The van der Waals surface area contributed by atoms with Crippen molar-refractivity contribution in [3.63, 3.8) is 0 Å². The SMILES string of the molecule is [2H]C(C(=O)c1ccccc1Br)C([2H])c1ccc(OC)cc1. The van der Waals surface area contributed by atoms with Crippen LogP contribution in [-0.4, -0.2) is 12.9 Å². The zero-order valence-electron chi connectivity index (χ0n) is 12.5. The Morgan fingerprint density at radius 3 is 2.53 bits per heavy atom. The Kier molecular flexibility index (Phi) is 3.86. The van der Waals surface area contributed by atoms with Gasteiger partial charge in [-0.25, -0.2) is 0 Å². The van der Waals surface area contributed by atoms with E-state index >= 15 is 0 Å². The molecule has 0 aliphatic carbocycles. The van der Waals surface area contributed by atoms with Crippen LogP contribution in [0.4, 0.5) is 0 Å². The second-order valence-electron chi connectivity index (χ2n) is 3.95. The van der Waals surface area contributed by atoms with Gasteiger partial charge >= 0.3 is 0 Å². The molecule has 98 valence electrons. The van der Waals surface area contributed by atoms with E-state index in [4.69, 9.17) is 7.48 Å². The number of hydrogen-bond acceptors (Lipinski definition) is 2. The molecule has 19 heavy (non-hydrogen) atoms. The molecular formula is C16H15BrO2. The van der Waals surface area contributed by atoms with E-state index in [9.17, 15) is 4.79 Å². The number of carbonyl (C=O) groups is 1. The molecule has 2 rings (SSSR count). The molecule has 0 aliphatic rings. The number of Topliss-reactive ketones (excluding diaryl/α,β-unsaturated/α-hetero) is 1. The van der Waals surface area contributed by atoms with Crippen LogP contribution >= 0.6 is 15.9 Å². The van der Waals surface area contributed by atoms with Gasteiger partial charge in [0.1, 0.15) is 5.75 Å². The van der Waals surface area contributed by atoms with Crippen LogP contribution in [0.25, 0.3) is 0 Å². The lowest BCUT2D eigenvalue weighted by Gasteiger charge is -2.05. The maximum Gasteiger partial charge on any atom is 0.164 e. The predicted octanol–water partition coefficient (Wildman–Crippen LogP) is 4.27. The van der Waals surface area contributed by atoms with Crippen molar-refractivity contribution in [1.82, 2.24) is 0 Å². The van der Waals surface area contributed by atoms with Gasteiger partial charge in [-0.2, -0.15) is 0 Å². The normalized spacial score (nSPS) is 15.1. The second-order valence-corrected chi connectivity index (χ2v) is 4.80. The van der Waals surface area contributed by atoms with Gasteiger partial charge < -0.3 is 4.74 Å². The molecule has 0 radical (unpaired) electrons. The van der Waals surface area contributed by atoms with Crippen LogP contribution in [0.3, 0.4) is 0 Å². The van der Waals surface area contributed by atoms with Crippen LogP contribution in [0.5, 0.6) is 5.75 Å². The van der Waals surface area contributed by atoms with E-state index in [0.717, 1.165) is 0 Å². The smallest absolute Gasteiger partial charge is 0.164 e. The van der Waals surface area contributed by atoms with Gasteiger partial charge in [0.05, 0.1) is 7.11 Å². The number of methoxy groups -OCH3 is 1. The van der Waals surface area contributed by atoms with Crippen molar-refractivity contribution in [3.05, 3.63) is 64.1 Å². The van der Waals surface area contributed by atoms with Gasteiger partial charge in [0, 0.05) is 19.2 Å². The summed E-state index contributed by atoms with van der Waals surface area (Å²) < 4.78 is 21.9.